The van der Waals surface area contributed by atoms with Crippen molar-refractivity contribution in [2.45, 2.75) is 34.1 Å². The van der Waals surface area contributed by atoms with Crippen molar-refractivity contribution < 1.29 is 17.5 Å². The zero-order valence-electron chi connectivity index (χ0n) is 17.2. The van der Waals surface area contributed by atoms with Crippen LogP contribution in [-0.4, -0.2) is 53.0 Å². The van der Waals surface area contributed by atoms with E-state index in [4.69, 9.17) is 4.74 Å². The topological polar surface area (TPSA) is 91.8 Å². The molecule has 0 aliphatic heterocycles. The van der Waals surface area contributed by atoms with Gasteiger partial charge in [-0.15, -0.1) is 0 Å². The molecule has 0 unspecified atom stereocenters. The number of nitrogens with zero attached hydrogens (tertiary/aromatic N) is 1. The summed E-state index contributed by atoms with van der Waals surface area (Å²) in [6, 6.07) is 4.25. The Morgan fingerprint density at radius 2 is 2.04 bits per heavy atom. The van der Waals surface area contributed by atoms with Gasteiger partial charge in [0.05, 0.1) is 11.4 Å². The van der Waals surface area contributed by atoms with Gasteiger partial charge in [0.2, 0.25) is 10.0 Å². The summed E-state index contributed by atoms with van der Waals surface area (Å²) in [5, 5.41) is 6.07. The normalized spacial score (nSPS) is 12.3. The van der Waals surface area contributed by atoms with Crippen molar-refractivity contribution in [1.29, 1.82) is 0 Å². The van der Waals surface area contributed by atoms with Crippen molar-refractivity contribution in [1.82, 2.24) is 10.6 Å². The Hall–Kier alpha value is -1.87. The maximum atomic E-state index is 13.6. The van der Waals surface area contributed by atoms with Gasteiger partial charge in [-0.2, -0.15) is 0 Å². The van der Waals surface area contributed by atoms with Crippen molar-refractivity contribution in [3.8, 4) is 0 Å². The minimum absolute atomic E-state index is 0.162. The van der Waals surface area contributed by atoms with Gasteiger partial charge >= 0.3 is 0 Å². The molecule has 160 valence electrons. The van der Waals surface area contributed by atoms with Gasteiger partial charge in [-0.25, -0.2) is 12.8 Å². The summed E-state index contributed by atoms with van der Waals surface area (Å²) in [6.45, 7) is 10.6. The van der Waals surface area contributed by atoms with Crippen LogP contribution in [0.5, 0.6) is 0 Å². The van der Waals surface area contributed by atoms with E-state index < -0.39 is 15.8 Å². The number of halogens is 1. The molecule has 28 heavy (non-hydrogen) atoms. The van der Waals surface area contributed by atoms with Gasteiger partial charge in [-0.05, 0) is 43.9 Å². The van der Waals surface area contributed by atoms with Crippen LogP contribution in [0.4, 0.5) is 10.1 Å². The highest BCUT2D eigenvalue weighted by Gasteiger charge is 2.11. The Bertz CT molecular complexity index is 724. The molecule has 0 saturated carbocycles. The zero-order valence-corrected chi connectivity index (χ0v) is 18.0. The first-order chi connectivity index (χ1) is 13.2. The number of nitrogens with one attached hydrogen (secondary N) is 3. The van der Waals surface area contributed by atoms with Crippen LogP contribution in [0.15, 0.2) is 23.2 Å². The van der Waals surface area contributed by atoms with Crippen LogP contribution >= 0.6 is 0 Å². The number of sulfonamides is 1. The third-order valence-electron chi connectivity index (χ3n) is 3.62. The number of guanidine groups is 1. The molecule has 0 bridgehead atoms. The van der Waals surface area contributed by atoms with Crippen LogP contribution in [0, 0.1) is 18.7 Å². The summed E-state index contributed by atoms with van der Waals surface area (Å²) in [7, 11) is -3.60. The average molecular weight is 417 g/mol. The van der Waals surface area contributed by atoms with Crippen LogP contribution in [-0.2, 0) is 14.8 Å². The minimum Gasteiger partial charge on any atom is -0.381 e. The van der Waals surface area contributed by atoms with E-state index in [1.807, 2.05) is 6.92 Å². The van der Waals surface area contributed by atoms with Gasteiger partial charge in [0.1, 0.15) is 5.82 Å². The summed E-state index contributed by atoms with van der Waals surface area (Å²) in [5.74, 6) is 0.458. The van der Waals surface area contributed by atoms with Crippen LogP contribution < -0.4 is 15.4 Å². The van der Waals surface area contributed by atoms with Crippen LogP contribution in [0.2, 0.25) is 0 Å². The molecular formula is C19H33FN4O3S. The molecule has 0 fully saturated rings. The van der Waals surface area contributed by atoms with Gasteiger partial charge in [0.25, 0.3) is 0 Å². The SMILES string of the molecule is CCNC(=NCCCOCC(C)C)NCCS(=O)(=O)Nc1ccc(C)c(F)c1. The Labute approximate surface area is 168 Å². The fraction of sp³-hybridized carbons (Fsp3) is 0.632. The first-order valence-electron chi connectivity index (χ1n) is 9.60. The van der Waals surface area contributed by atoms with Crippen molar-refractivity contribution >= 4 is 21.7 Å². The summed E-state index contributed by atoms with van der Waals surface area (Å²) >= 11 is 0. The number of aliphatic imine (C=N–C) groups is 1. The number of hydrogen-bond acceptors (Lipinski definition) is 4. The van der Waals surface area contributed by atoms with Crippen LogP contribution in [0.3, 0.4) is 0 Å². The second-order valence-electron chi connectivity index (χ2n) is 6.89. The quantitative estimate of drug-likeness (QED) is 0.277. The second kappa shape index (κ2) is 12.6. The number of ether oxygens (including phenoxy) is 1. The van der Waals surface area contributed by atoms with E-state index >= 15 is 0 Å². The van der Waals surface area contributed by atoms with Gasteiger partial charge in [0, 0.05) is 32.8 Å². The minimum atomic E-state index is -3.60. The Morgan fingerprint density at radius 1 is 1.29 bits per heavy atom. The van der Waals surface area contributed by atoms with E-state index in [1.54, 1.807) is 6.92 Å². The van der Waals surface area contributed by atoms with Crippen LogP contribution in [0.1, 0.15) is 32.8 Å². The van der Waals surface area contributed by atoms with Gasteiger partial charge in [-0.3, -0.25) is 9.71 Å². The second-order valence-corrected chi connectivity index (χ2v) is 8.74. The molecule has 0 aromatic heterocycles. The molecule has 0 saturated heterocycles. The smallest absolute Gasteiger partial charge is 0.234 e. The Kier molecular flexibility index (Phi) is 10.8. The van der Waals surface area contributed by atoms with Gasteiger partial charge in [-0.1, -0.05) is 19.9 Å². The number of aryl methyl sites for hydroxylation is 1. The number of hydrogen-bond donors (Lipinski definition) is 3. The van der Waals surface area contributed by atoms with E-state index in [2.05, 4.69) is 34.2 Å². The first-order valence-corrected chi connectivity index (χ1v) is 11.2. The fourth-order valence-corrected chi connectivity index (χ4v) is 3.17. The average Bonchev–Trinajstić information content (AvgIpc) is 2.60. The molecular weight excluding hydrogens is 383 g/mol. The lowest BCUT2D eigenvalue weighted by Crippen LogP contribution is -2.40. The van der Waals surface area contributed by atoms with Crippen LogP contribution in [0.25, 0.3) is 0 Å². The standard InChI is InChI=1S/C19H33FN4O3S/c1-5-21-19(22-9-6-11-27-14-15(2)3)23-10-12-28(25,26)24-17-8-7-16(4)18(20)13-17/h7-8,13,15,24H,5-6,9-12,14H2,1-4H3,(H2,21,22,23). The molecule has 0 amide bonds. The lowest BCUT2D eigenvalue weighted by Gasteiger charge is -2.13. The Morgan fingerprint density at radius 3 is 2.68 bits per heavy atom. The van der Waals surface area contributed by atoms with E-state index in [-0.39, 0.29) is 18.0 Å². The highest BCUT2D eigenvalue weighted by Crippen LogP contribution is 2.14. The van der Waals surface area contributed by atoms with Crippen molar-refractivity contribution in [2.75, 3.05) is 43.3 Å². The summed E-state index contributed by atoms with van der Waals surface area (Å²) in [6.07, 6.45) is 0.794. The highest BCUT2D eigenvalue weighted by atomic mass is 32.2. The molecule has 3 N–H and O–H groups in total. The molecule has 1 aromatic rings. The lowest BCUT2D eigenvalue weighted by molar-refractivity contribution is 0.109. The van der Waals surface area contributed by atoms with Crippen molar-refractivity contribution in [3.63, 3.8) is 0 Å². The molecule has 9 heteroatoms. The number of benzene rings is 1. The molecule has 0 aliphatic carbocycles. The summed E-state index contributed by atoms with van der Waals surface area (Å²) in [5.41, 5.74) is 0.677. The summed E-state index contributed by atoms with van der Waals surface area (Å²) < 4.78 is 45.8. The Balaban J connectivity index is 2.42. The monoisotopic (exact) mass is 416 g/mol. The fourth-order valence-electron chi connectivity index (χ4n) is 2.21. The first kappa shape index (κ1) is 24.2. The molecule has 7 nitrogen and oxygen atoms in total. The molecule has 0 heterocycles. The number of anilines is 1. The zero-order chi connectivity index (χ0) is 21.0. The third-order valence-corrected chi connectivity index (χ3v) is 4.91. The third kappa shape index (κ3) is 10.5. The van der Waals surface area contributed by atoms with E-state index in [9.17, 15) is 12.8 Å². The van der Waals surface area contributed by atoms with E-state index in [0.717, 1.165) is 13.0 Å². The molecule has 0 spiro atoms. The maximum absolute atomic E-state index is 13.6. The largest absolute Gasteiger partial charge is 0.381 e. The highest BCUT2D eigenvalue weighted by molar-refractivity contribution is 7.92. The van der Waals surface area contributed by atoms with Gasteiger partial charge < -0.3 is 15.4 Å². The molecule has 0 aliphatic rings. The molecule has 1 aromatic carbocycles. The van der Waals surface area contributed by atoms with E-state index in [0.29, 0.717) is 37.1 Å². The van der Waals surface area contributed by atoms with E-state index in [1.165, 1.54) is 18.2 Å². The molecule has 0 radical (unpaired) electrons. The van der Waals surface area contributed by atoms with Gasteiger partial charge in [0.15, 0.2) is 5.96 Å². The predicted molar refractivity (Wildman–Crippen MR) is 113 cm³/mol. The maximum Gasteiger partial charge on any atom is 0.234 e. The summed E-state index contributed by atoms with van der Waals surface area (Å²) in [4.78, 5) is 4.40. The predicted octanol–water partition coefficient (Wildman–Crippen LogP) is 2.49. The number of rotatable bonds is 12. The molecule has 1 rings (SSSR count). The lowest BCUT2D eigenvalue weighted by atomic mass is 10.2. The molecule has 0 atom stereocenters. The van der Waals surface area contributed by atoms with Crippen molar-refractivity contribution in [3.05, 3.63) is 29.6 Å². The van der Waals surface area contributed by atoms with Crippen molar-refractivity contribution in [2.24, 2.45) is 10.9 Å².